The molecule has 150 valence electrons. The van der Waals surface area contributed by atoms with Crippen molar-refractivity contribution in [3.05, 3.63) is 71.4 Å². The van der Waals surface area contributed by atoms with E-state index < -0.39 is 6.43 Å². The van der Waals surface area contributed by atoms with E-state index in [-0.39, 0.29) is 17.7 Å². The first-order valence-electron chi connectivity index (χ1n) is 9.78. The number of halogens is 2. The van der Waals surface area contributed by atoms with E-state index in [1.807, 2.05) is 25.1 Å². The van der Waals surface area contributed by atoms with Crippen LogP contribution >= 0.6 is 0 Å². The summed E-state index contributed by atoms with van der Waals surface area (Å²) in [5.74, 6) is 0. The molecule has 6 heteroatoms. The number of nitrogens with zero attached hydrogens (tertiary/aromatic N) is 2. The maximum atomic E-state index is 13.0. The standard InChI is InChI=1S/C23H23F2N3O/c1-14(16-3-2-4-18(11-16)23(24)25)27-22-13-26-28-21-10-7-17(12-20(21)22)15-5-8-19(29)9-6-15/h2-5,7,10-14,19,23,29H,6,8-9H2,1H3,(H,27,28)/t14-,19?/m1/s1. The molecule has 0 aliphatic heterocycles. The number of rotatable bonds is 5. The smallest absolute Gasteiger partial charge is 0.263 e. The highest BCUT2D eigenvalue weighted by Gasteiger charge is 2.15. The molecule has 4 rings (SSSR count). The number of aromatic nitrogens is 2. The van der Waals surface area contributed by atoms with E-state index >= 15 is 0 Å². The van der Waals surface area contributed by atoms with Crippen molar-refractivity contribution in [2.75, 3.05) is 5.32 Å². The number of aliphatic hydroxyl groups excluding tert-OH is 1. The second-order valence-electron chi connectivity index (χ2n) is 7.48. The lowest BCUT2D eigenvalue weighted by molar-refractivity contribution is 0.151. The van der Waals surface area contributed by atoms with Gasteiger partial charge in [0.1, 0.15) is 0 Å². The fourth-order valence-corrected chi connectivity index (χ4v) is 3.74. The number of alkyl halides is 2. The predicted molar refractivity (Wildman–Crippen MR) is 111 cm³/mol. The molecular formula is C23H23F2N3O. The Balaban J connectivity index is 1.65. The molecule has 0 amide bonds. The summed E-state index contributed by atoms with van der Waals surface area (Å²) in [6, 6.07) is 12.3. The minimum atomic E-state index is -2.49. The Morgan fingerprint density at radius 3 is 2.72 bits per heavy atom. The SMILES string of the molecule is C[C@@H](Nc1cnnc2ccc(C3=CCC(O)CC3)cc12)c1cccc(C(F)F)c1. The van der Waals surface area contributed by atoms with Crippen LogP contribution < -0.4 is 5.32 Å². The average Bonchev–Trinajstić information content (AvgIpc) is 2.74. The molecule has 0 spiro atoms. The molecule has 0 fully saturated rings. The van der Waals surface area contributed by atoms with Crippen LogP contribution in [0.25, 0.3) is 16.5 Å². The third-order valence-corrected chi connectivity index (χ3v) is 5.43. The van der Waals surface area contributed by atoms with E-state index in [1.165, 1.54) is 17.7 Å². The van der Waals surface area contributed by atoms with Gasteiger partial charge in [-0.25, -0.2) is 8.78 Å². The van der Waals surface area contributed by atoms with E-state index in [1.54, 1.807) is 12.3 Å². The van der Waals surface area contributed by atoms with Gasteiger partial charge in [0.25, 0.3) is 6.43 Å². The van der Waals surface area contributed by atoms with Crippen molar-refractivity contribution in [1.29, 1.82) is 0 Å². The van der Waals surface area contributed by atoms with Gasteiger partial charge in [-0.1, -0.05) is 30.3 Å². The molecule has 3 aromatic rings. The predicted octanol–water partition coefficient (Wildman–Crippen LogP) is 5.67. The third-order valence-electron chi connectivity index (χ3n) is 5.43. The van der Waals surface area contributed by atoms with Crippen LogP contribution in [0.2, 0.25) is 0 Å². The van der Waals surface area contributed by atoms with Crippen LogP contribution in [-0.2, 0) is 0 Å². The Hall–Kier alpha value is -2.86. The number of allylic oxidation sites excluding steroid dienone is 1. The van der Waals surface area contributed by atoms with Gasteiger partial charge < -0.3 is 10.4 Å². The minimum Gasteiger partial charge on any atom is -0.393 e. The third kappa shape index (κ3) is 4.27. The Morgan fingerprint density at radius 2 is 1.97 bits per heavy atom. The summed E-state index contributed by atoms with van der Waals surface area (Å²) in [5, 5.41) is 22.3. The van der Waals surface area contributed by atoms with Gasteiger partial charge in [-0.05, 0) is 61.1 Å². The molecule has 1 heterocycles. The monoisotopic (exact) mass is 395 g/mol. The highest BCUT2D eigenvalue weighted by Crippen LogP contribution is 2.32. The van der Waals surface area contributed by atoms with Crippen molar-refractivity contribution in [1.82, 2.24) is 10.2 Å². The highest BCUT2D eigenvalue weighted by atomic mass is 19.3. The van der Waals surface area contributed by atoms with Crippen molar-refractivity contribution in [3.63, 3.8) is 0 Å². The maximum Gasteiger partial charge on any atom is 0.263 e. The summed E-state index contributed by atoms with van der Waals surface area (Å²) in [4.78, 5) is 0. The molecule has 1 aromatic heterocycles. The molecule has 29 heavy (non-hydrogen) atoms. The zero-order chi connectivity index (χ0) is 20.4. The van der Waals surface area contributed by atoms with Gasteiger partial charge in [-0.2, -0.15) is 10.2 Å². The van der Waals surface area contributed by atoms with Gasteiger partial charge in [-0.15, -0.1) is 0 Å². The molecule has 0 radical (unpaired) electrons. The van der Waals surface area contributed by atoms with Crippen LogP contribution in [0.4, 0.5) is 14.5 Å². The quantitative estimate of drug-likeness (QED) is 0.584. The van der Waals surface area contributed by atoms with Gasteiger partial charge in [0.2, 0.25) is 0 Å². The lowest BCUT2D eigenvalue weighted by Gasteiger charge is -2.19. The van der Waals surface area contributed by atoms with Crippen LogP contribution in [-0.4, -0.2) is 21.4 Å². The van der Waals surface area contributed by atoms with Gasteiger partial charge in [0, 0.05) is 17.0 Å². The molecule has 2 N–H and O–H groups in total. The Kier molecular flexibility index (Phi) is 5.53. The van der Waals surface area contributed by atoms with E-state index in [9.17, 15) is 13.9 Å². The molecule has 0 saturated carbocycles. The largest absolute Gasteiger partial charge is 0.393 e. The van der Waals surface area contributed by atoms with E-state index in [2.05, 4.69) is 27.7 Å². The first-order chi connectivity index (χ1) is 14.0. The number of hydrogen-bond acceptors (Lipinski definition) is 4. The first kappa shape index (κ1) is 19.5. The van der Waals surface area contributed by atoms with Crippen molar-refractivity contribution >= 4 is 22.2 Å². The minimum absolute atomic E-state index is 0.0163. The van der Waals surface area contributed by atoms with E-state index in [0.717, 1.165) is 40.6 Å². The summed E-state index contributed by atoms with van der Waals surface area (Å²) in [6.07, 6.45) is 3.28. The topological polar surface area (TPSA) is 58.0 Å². The first-order valence-corrected chi connectivity index (χ1v) is 9.78. The summed E-state index contributed by atoms with van der Waals surface area (Å²) < 4.78 is 26.1. The van der Waals surface area contributed by atoms with E-state index in [4.69, 9.17) is 0 Å². The van der Waals surface area contributed by atoms with Crippen LogP contribution in [0.3, 0.4) is 0 Å². The number of anilines is 1. The normalized spacial score (nSPS) is 18.0. The van der Waals surface area contributed by atoms with Crippen molar-refractivity contribution in [2.24, 2.45) is 0 Å². The zero-order valence-corrected chi connectivity index (χ0v) is 16.1. The second-order valence-corrected chi connectivity index (χ2v) is 7.48. The molecule has 1 unspecified atom stereocenters. The van der Waals surface area contributed by atoms with Crippen LogP contribution in [0.1, 0.15) is 55.3 Å². The van der Waals surface area contributed by atoms with E-state index in [0.29, 0.717) is 6.42 Å². The highest BCUT2D eigenvalue weighted by molar-refractivity contribution is 5.93. The summed E-state index contributed by atoms with van der Waals surface area (Å²) >= 11 is 0. The molecule has 4 nitrogen and oxygen atoms in total. The van der Waals surface area contributed by atoms with Crippen LogP contribution in [0.5, 0.6) is 0 Å². The fourth-order valence-electron chi connectivity index (χ4n) is 3.74. The van der Waals surface area contributed by atoms with Crippen molar-refractivity contribution < 1.29 is 13.9 Å². The number of aliphatic hydroxyl groups is 1. The lowest BCUT2D eigenvalue weighted by atomic mass is 9.91. The summed E-state index contributed by atoms with van der Waals surface area (Å²) in [7, 11) is 0. The number of fused-ring (bicyclic) bond motifs is 1. The van der Waals surface area contributed by atoms with Gasteiger partial charge in [0.15, 0.2) is 0 Å². The number of hydrogen-bond donors (Lipinski definition) is 2. The Morgan fingerprint density at radius 1 is 1.14 bits per heavy atom. The zero-order valence-electron chi connectivity index (χ0n) is 16.1. The number of nitrogens with one attached hydrogen (secondary N) is 1. The average molecular weight is 395 g/mol. The second kappa shape index (κ2) is 8.25. The van der Waals surface area contributed by atoms with Gasteiger partial charge >= 0.3 is 0 Å². The Bertz CT molecular complexity index is 1050. The lowest BCUT2D eigenvalue weighted by Crippen LogP contribution is -2.10. The maximum absolute atomic E-state index is 13.0. The van der Waals surface area contributed by atoms with Gasteiger partial charge in [0.05, 0.1) is 23.5 Å². The summed E-state index contributed by atoms with van der Waals surface area (Å²) in [6.45, 7) is 1.94. The molecule has 2 atom stereocenters. The molecule has 1 aliphatic rings. The van der Waals surface area contributed by atoms with Gasteiger partial charge in [-0.3, -0.25) is 0 Å². The molecule has 2 aromatic carbocycles. The molecule has 0 saturated heterocycles. The molecule has 1 aliphatic carbocycles. The van der Waals surface area contributed by atoms with Crippen molar-refractivity contribution in [2.45, 2.75) is 44.8 Å². The summed E-state index contributed by atoms with van der Waals surface area (Å²) in [5.41, 5.74) is 4.70. The molecule has 0 bridgehead atoms. The number of benzene rings is 2. The van der Waals surface area contributed by atoms with Crippen LogP contribution in [0, 0.1) is 0 Å². The Labute approximate surface area is 168 Å². The van der Waals surface area contributed by atoms with Crippen molar-refractivity contribution in [3.8, 4) is 0 Å². The van der Waals surface area contributed by atoms with Crippen LogP contribution in [0.15, 0.2) is 54.7 Å². The molecular weight excluding hydrogens is 372 g/mol. The fraction of sp³-hybridized carbons (Fsp3) is 0.304.